The first-order chi connectivity index (χ1) is 14.9. The van der Waals surface area contributed by atoms with Gasteiger partial charge in [-0.25, -0.2) is 4.98 Å². The quantitative estimate of drug-likeness (QED) is 0.357. The molecule has 0 radical (unpaired) electrons. The highest BCUT2D eigenvalue weighted by atomic mass is 14.8. The summed E-state index contributed by atoms with van der Waals surface area (Å²) < 4.78 is 0. The fraction of sp³-hybridized carbons (Fsp3) is 0. The molecule has 0 unspecified atom stereocenters. The molecule has 144 valence electrons. The molecule has 0 spiro atoms. The fourth-order valence-electron chi connectivity index (χ4n) is 2.98. The Hall–Kier alpha value is -4.04. The third-order valence-corrected chi connectivity index (χ3v) is 4.56. The molecule has 0 N–H and O–H groups in total. The number of nitrogens with zero attached hydrogens (tertiary/aromatic N) is 2. The normalized spacial score (nSPS) is 11.6. The Morgan fingerprint density at radius 1 is 0.433 bits per heavy atom. The predicted octanol–water partition coefficient (Wildman–Crippen LogP) is 6.99. The Kier molecular flexibility index (Phi) is 6.39. The van der Waals surface area contributed by atoms with Crippen LogP contribution in [0.15, 0.2) is 97.2 Å². The summed E-state index contributed by atoms with van der Waals surface area (Å²) in [5.41, 5.74) is 5.88. The summed E-state index contributed by atoms with van der Waals surface area (Å²) in [5.74, 6) is 0. The van der Waals surface area contributed by atoms with E-state index in [2.05, 4.69) is 53.5 Å². The van der Waals surface area contributed by atoms with Gasteiger partial charge in [0.2, 0.25) is 0 Å². The van der Waals surface area contributed by atoms with Crippen molar-refractivity contribution < 1.29 is 0 Å². The van der Waals surface area contributed by atoms with Gasteiger partial charge in [0, 0.05) is 0 Å². The summed E-state index contributed by atoms with van der Waals surface area (Å²) in [7, 11) is 0. The van der Waals surface area contributed by atoms with E-state index in [0.29, 0.717) is 0 Å². The minimum Gasteiger partial charge on any atom is -0.252 e. The van der Waals surface area contributed by atoms with Crippen molar-refractivity contribution in [3.05, 3.63) is 131 Å². The van der Waals surface area contributed by atoms with E-state index in [-0.39, 0.29) is 0 Å². The molecule has 0 aliphatic heterocycles. The van der Waals surface area contributed by atoms with Crippen molar-refractivity contribution in [1.82, 2.24) is 9.97 Å². The molecular formula is C28H22N2. The molecule has 0 saturated carbocycles. The third-order valence-electron chi connectivity index (χ3n) is 4.56. The Bertz CT molecular complexity index is 1160. The van der Waals surface area contributed by atoms with Gasteiger partial charge in [-0.15, -0.1) is 0 Å². The summed E-state index contributed by atoms with van der Waals surface area (Å²) in [6.45, 7) is 0. The molecule has 2 heteroatoms. The molecule has 0 bridgehead atoms. The first-order valence-corrected chi connectivity index (χ1v) is 9.93. The van der Waals surface area contributed by atoms with Gasteiger partial charge in [-0.3, -0.25) is 4.98 Å². The third kappa shape index (κ3) is 5.49. The molecule has 4 rings (SSSR count). The average Bonchev–Trinajstić information content (AvgIpc) is 2.82. The summed E-state index contributed by atoms with van der Waals surface area (Å²) >= 11 is 0. The lowest BCUT2D eigenvalue weighted by atomic mass is 10.1. The van der Waals surface area contributed by atoms with Crippen molar-refractivity contribution in [3.8, 4) is 0 Å². The largest absolute Gasteiger partial charge is 0.252 e. The van der Waals surface area contributed by atoms with Crippen LogP contribution in [0, 0.1) is 0 Å². The highest BCUT2D eigenvalue weighted by Gasteiger charge is 2.02. The van der Waals surface area contributed by atoms with Gasteiger partial charge in [0.05, 0.1) is 23.3 Å². The summed E-state index contributed by atoms with van der Waals surface area (Å²) in [4.78, 5) is 9.49. The first kappa shape index (κ1) is 19.3. The smallest absolute Gasteiger partial charge is 0.0894 e. The van der Waals surface area contributed by atoms with Gasteiger partial charge in [-0.1, -0.05) is 109 Å². The van der Waals surface area contributed by atoms with Crippen LogP contribution in [0.25, 0.3) is 36.5 Å². The second kappa shape index (κ2) is 9.94. The zero-order valence-corrected chi connectivity index (χ0v) is 16.6. The second-order valence-electron chi connectivity index (χ2n) is 6.80. The van der Waals surface area contributed by atoms with Crippen LogP contribution in [0.4, 0.5) is 0 Å². The van der Waals surface area contributed by atoms with E-state index in [9.17, 15) is 0 Å². The van der Waals surface area contributed by atoms with Crippen LogP contribution in [0.2, 0.25) is 0 Å². The zero-order valence-electron chi connectivity index (χ0n) is 16.6. The molecule has 0 amide bonds. The van der Waals surface area contributed by atoms with Crippen LogP contribution in [0.3, 0.4) is 0 Å². The number of hydrogen-bond donors (Lipinski definition) is 0. The Morgan fingerprint density at radius 3 is 1.37 bits per heavy atom. The van der Waals surface area contributed by atoms with E-state index in [1.807, 2.05) is 85.1 Å². The maximum absolute atomic E-state index is 4.83. The van der Waals surface area contributed by atoms with E-state index >= 15 is 0 Å². The molecule has 1 aromatic heterocycles. The maximum Gasteiger partial charge on any atom is 0.0894 e. The minimum atomic E-state index is 0.823. The van der Waals surface area contributed by atoms with Crippen LogP contribution in [-0.2, 0) is 0 Å². The number of aromatic nitrogens is 2. The number of rotatable bonds is 6. The molecule has 2 nitrogen and oxygen atoms in total. The molecule has 0 aliphatic rings. The fourth-order valence-corrected chi connectivity index (χ4v) is 2.98. The number of hydrogen-bond acceptors (Lipinski definition) is 2. The van der Waals surface area contributed by atoms with Crippen LogP contribution in [-0.4, -0.2) is 9.97 Å². The zero-order chi connectivity index (χ0) is 20.4. The molecule has 0 aliphatic carbocycles. The molecular weight excluding hydrogens is 364 g/mol. The highest BCUT2D eigenvalue weighted by Crippen LogP contribution is 2.15. The number of benzene rings is 3. The van der Waals surface area contributed by atoms with Crippen molar-refractivity contribution in [3.63, 3.8) is 0 Å². The summed E-state index contributed by atoms with van der Waals surface area (Å²) in [6, 6.07) is 30.6. The molecule has 3 aromatic carbocycles. The molecule has 0 fully saturated rings. The average molecular weight is 386 g/mol. The summed E-state index contributed by atoms with van der Waals surface area (Å²) in [6.07, 6.45) is 14.0. The second-order valence-corrected chi connectivity index (χ2v) is 6.80. The van der Waals surface area contributed by atoms with Crippen molar-refractivity contribution in [2.45, 2.75) is 0 Å². The van der Waals surface area contributed by atoms with Crippen molar-refractivity contribution >= 4 is 36.5 Å². The van der Waals surface area contributed by atoms with Crippen LogP contribution in [0.1, 0.15) is 33.8 Å². The van der Waals surface area contributed by atoms with E-state index < -0.39 is 0 Å². The van der Waals surface area contributed by atoms with Gasteiger partial charge < -0.3 is 0 Å². The molecule has 1 heterocycles. The van der Waals surface area contributed by atoms with Crippen molar-refractivity contribution in [1.29, 1.82) is 0 Å². The minimum absolute atomic E-state index is 0.823. The lowest BCUT2D eigenvalue weighted by molar-refractivity contribution is 1.14. The lowest BCUT2D eigenvalue weighted by Gasteiger charge is -2.03. The van der Waals surface area contributed by atoms with Crippen molar-refractivity contribution in [2.75, 3.05) is 0 Å². The maximum atomic E-state index is 4.83. The molecule has 0 saturated heterocycles. The standard InChI is InChI=1S/C28H22N2/c1-4-10-23(11-5-1)16-19-26-22-29-27(20-17-24-12-6-2-7-13-24)28(30-26)21-18-25-14-8-3-9-15-25/h1-22H. The highest BCUT2D eigenvalue weighted by molar-refractivity contribution is 5.77. The summed E-state index contributed by atoms with van der Waals surface area (Å²) in [5, 5.41) is 0. The Balaban J connectivity index is 1.65. The van der Waals surface area contributed by atoms with Gasteiger partial charge >= 0.3 is 0 Å². The Morgan fingerprint density at radius 2 is 0.867 bits per heavy atom. The van der Waals surface area contributed by atoms with E-state index in [1.165, 1.54) is 0 Å². The van der Waals surface area contributed by atoms with Gasteiger partial charge in [0.1, 0.15) is 0 Å². The molecule has 30 heavy (non-hydrogen) atoms. The van der Waals surface area contributed by atoms with Gasteiger partial charge in [0.15, 0.2) is 0 Å². The lowest BCUT2D eigenvalue weighted by Crippen LogP contribution is -1.94. The van der Waals surface area contributed by atoms with Gasteiger partial charge in [0.25, 0.3) is 0 Å². The van der Waals surface area contributed by atoms with Crippen LogP contribution >= 0.6 is 0 Å². The first-order valence-electron chi connectivity index (χ1n) is 9.93. The SMILES string of the molecule is C(=Cc1cnc(C=Cc2ccccc2)c(C=Cc2ccccc2)n1)c1ccccc1. The Labute approximate surface area is 177 Å². The van der Waals surface area contributed by atoms with E-state index in [0.717, 1.165) is 33.8 Å². The van der Waals surface area contributed by atoms with E-state index in [4.69, 9.17) is 4.98 Å². The van der Waals surface area contributed by atoms with Crippen LogP contribution < -0.4 is 0 Å². The molecule has 0 atom stereocenters. The molecule has 4 aromatic rings. The predicted molar refractivity (Wildman–Crippen MR) is 128 cm³/mol. The van der Waals surface area contributed by atoms with Gasteiger partial charge in [-0.2, -0.15) is 0 Å². The van der Waals surface area contributed by atoms with E-state index in [1.54, 1.807) is 0 Å². The van der Waals surface area contributed by atoms with Gasteiger partial charge in [-0.05, 0) is 34.9 Å². The van der Waals surface area contributed by atoms with Crippen LogP contribution in [0.5, 0.6) is 0 Å². The monoisotopic (exact) mass is 386 g/mol. The topological polar surface area (TPSA) is 25.8 Å². The van der Waals surface area contributed by atoms with Crippen molar-refractivity contribution in [2.24, 2.45) is 0 Å².